The van der Waals surface area contributed by atoms with E-state index < -0.39 is 9.05 Å². The Morgan fingerprint density at radius 3 is 2.56 bits per heavy atom. The summed E-state index contributed by atoms with van der Waals surface area (Å²) in [4.78, 5) is 13.4. The zero-order valence-corrected chi connectivity index (χ0v) is 12.7. The first-order chi connectivity index (χ1) is 8.30. The molecule has 18 heavy (non-hydrogen) atoms. The van der Waals surface area contributed by atoms with Crippen molar-refractivity contribution >= 4 is 41.6 Å². The molecule has 100 valence electrons. The maximum atomic E-state index is 12.0. The van der Waals surface area contributed by atoms with Gasteiger partial charge in [-0.2, -0.15) is 0 Å². The molecule has 1 aliphatic rings. The van der Waals surface area contributed by atoms with Crippen LogP contribution in [0, 0.1) is 0 Å². The number of halogens is 2. The molecule has 1 heterocycles. The van der Waals surface area contributed by atoms with E-state index in [0.717, 1.165) is 25.3 Å². The Bertz CT molecular complexity index is 579. The van der Waals surface area contributed by atoms with E-state index in [9.17, 15) is 13.2 Å². The minimum atomic E-state index is -3.92. The minimum absolute atomic E-state index is 0.0319. The normalized spacial score (nSPS) is 16.4. The Labute approximate surface area is 118 Å². The fourth-order valence-corrected chi connectivity index (χ4v) is 3.77. The van der Waals surface area contributed by atoms with Gasteiger partial charge in [0.2, 0.25) is 0 Å². The first-order valence-electron chi connectivity index (χ1n) is 5.32. The fraction of sp³-hybridized carbons (Fsp3) is 0.500. The quantitative estimate of drug-likeness (QED) is 0.781. The van der Waals surface area contributed by atoms with Gasteiger partial charge in [0.25, 0.3) is 15.0 Å². The van der Waals surface area contributed by atoms with Crippen molar-refractivity contribution < 1.29 is 17.6 Å². The van der Waals surface area contributed by atoms with Gasteiger partial charge in [-0.1, -0.05) is 0 Å². The van der Waals surface area contributed by atoms with Gasteiger partial charge in [0.1, 0.15) is 4.90 Å². The molecule has 0 bridgehead atoms. The second-order valence-corrected chi connectivity index (χ2v) is 7.44. The Balaban J connectivity index is 2.26. The predicted molar refractivity (Wildman–Crippen MR) is 69.2 cm³/mol. The number of furan rings is 1. The Morgan fingerprint density at radius 1 is 1.56 bits per heavy atom. The highest BCUT2D eigenvalue weighted by molar-refractivity contribution is 9.10. The summed E-state index contributed by atoms with van der Waals surface area (Å²) in [6, 6.07) is 1.35. The minimum Gasteiger partial charge on any atom is -0.443 e. The van der Waals surface area contributed by atoms with Gasteiger partial charge < -0.3 is 9.32 Å². The summed E-state index contributed by atoms with van der Waals surface area (Å²) in [5.41, 5.74) is 0. The maximum absolute atomic E-state index is 12.0. The largest absolute Gasteiger partial charge is 0.443 e. The number of rotatable bonds is 3. The van der Waals surface area contributed by atoms with E-state index in [-0.39, 0.29) is 27.3 Å². The molecule has 0 radical (unpaired) electrons. The van der Waals surface area contributed by atoms with Gasteiger partial charge in [-0.05, 0) is 35.2 Å². The zero-order chi connectivity index (χ0) is 13.5. The van der Waals surface area contributed by atoms with Crippen LogP contribution >= 0.6 is 26.6 Å². The number of hydrogen-bond donors (Lipinski definition) is 0. The molecule has 0 unspecified atom stereocenters. The van der Waals surface area contributed by atoms with Crippen LogP contribution in [0.5, 0.6) is 0 Å². The topological polar surface area (TPSA) is 67.6 Å². The third kappa shape index (κ3) is 2.57. The van der Waals surface area contributed by atoms with Crippen LogP contribution < -0.4 is 0 Å². The maximum Gasteiger partial charge on any atom is 0.289 e. The number of carbonyl (C=O) groups excluding carboxylic acids is 1. The lowest BCUT2D eigenvalue weighted by Gasteiger charge is -2.34. The van der Waals surface area contributed by atoms with E-state index in [1.54, 1.807) is 11.9 Å². The second-order valence-electron chi connectivity index (χ2n) is 4.19. The van der Waals surface area contributed by atoms with Crippen LogP contribution in [0.2, 0.25) is 0 Å². The molecule has 0 aromatic carbocycles. The van der Waals surface area contributed by atoms with Crippen molar-refractivity contribution in [2.45, 2.75) is 30.2 Å². The van der Waals surface area contributed by atoms with Crippen molar-refractivity contribution in [2.24, 2.45) is 0 Å². The lowest BCUT2D eigenvalue weighted by atomic mass is 9.92. The van der Waals surface area contributed by atoms with Crippen LogP contribution in [0.3, 0.4) is 0 Å². The molecule has 0 spiro atoms. The lowest BCUT2D eigenvalue weighted by molar-refractivity contribution is 0.0618. The SMILES string of the molecule is CN(C(=O)c1cc(S(=O)(=O)Cl)c(Br)o1)C1CCC1. The molecule has 1 aliphatic carbocycles. The highest BCUT2D eigenvalue weighted by atomic mass is 79.9. The van der Waals surface area contributed by atoms with Crippen LogP contribution in [0.15, 0.2) is 20.0 Å². The summed E-state index contributed by atoms with van der Waals surface area (Å²) in [5.74, 6) is -0.373. The molecule has 0 saturated heterocycles. The van der Waals surface area contributed by atoms with E-state index in [1.165, 1.54) is 0 Å². The third-order valence-electron chi connectivity index (χ3n) is 3.07. The van der Waals surface area contributed by atoms with Crippen molar-refractivity contribution in [3.63, 3.8) is 0 Å². The van der Waals surface area contributed by atoms with Gasteiger partial charge >= 0.3 is 0 Å². The van der Waals surface area contributed by atoms with Crippen LogP contribution in [0.25, 0.3) is 0 Å². The van der Waals surface area contributed by atoms with Gasteiger partial charge in [-0.15, -0.1) is 0 Å². The van der Waals surface area contributed by atoms with E-state index >= 15 is 0 Å². The van der Waals surface area contributed by atoms with Gasteiger partial charge in [-0.3, -0.25) is 4.79 Å². The van der Waals surface area contributed by atoms with E-state index in [1.807, 2.05) is 0 Å². The van der Waals surface area contributed by atoms with Gasteiger partial charge in [-0.25, -0.2) is 8.42 Å². The van der Waals surface area contributed by atoms with Gasteiger partial charge in [0, 0.05) is 29.8 Å². The molecule has 8 heteroatoms. The Kier molecular flexibility index (Phi) is 3.75. The molecule has 1 fully saturated rings. The van der Waals surface area contributed by atoms with Crippen molar-refractivity contribution in [2.75, 3.05) is 7.05 Å². The third-order valence-corrected chi connectivity index (χ3v) is 5.25. The van der Waals surface area contributed by atoms with Crippen LogP contribution in [-0.4, -0.2) is 32.3 Å². The summed E-state index contributed by atoms with van der Waals surface area (Å²) in [5, 5.41) is 0. The Hall–Kier alpha value is -0.530. The van der Waals surface area contributed by atoms with Crippen LogP contribution in [-0.2, 0) is 9.05 Å². The van der Waals surface area contributed by atoms with E-state index in [2.05, 4.69) is 15.9 Å². The standard InChI is InChI=1S/C10H11BrClNO4S/c1-13(6-3-2-4-6)10(14)7-5-8(9(11)17-7)18(12,15)16/h5-6H,2-4H2,1H3. The van der Waals surface area contributed by atoms with Gasteiger partial charge in [0.15, 0.2) is 10.4 Å². The highest BCUT2D eigenvalue weighted by Crippen LogP contribution is 2.31. The first kappa shape index (κ1) is 13.9. The lowest BCUT2D eigenvalue weighted by Crippen LogP contribution is -2.41. The number of amides is 1. The summed E-state index contributed by atoms with van der Waals surface area (Å²) in [6.07, 6.45) is 3.03. The van der Waals surface area contributed by atoms with Crippen molar-refractivity contribution in [1.82, 2.24) is 4.90 Å². The van der Waals surface area contributed by atoms with E-state index in [4.69, 9.17) is 15.1 Å². The molecule has 1 amide bonds. The van der Waals surface area contributed by atoms with Crippen molar-refractivity contribution in [3.8, 4) is 0 Å². The molecule has 1 aromatic rings. The molecule has 1 saturated carbocycles. The van der Waals surface area contributed by atoms with Crippen LogP contribution in [0.4, 0.5) is 0 Å². The number of carbonyl (C=O) groups is 1. The average molecular weight is 357 g/mol. The summed E-state index contributed by atoms with van der Waals surface area (Å²) < 4.78 is 27.5. The summed E-state index contributed by atoms with van der Waals surface area (Å²) in [6.45, 7) is 0. The number of hydrogen-bond acceptors (Lipinski definition) is 4. The zero-order valence-electron chi connectivity index (χ0n) is 9.52. The molecule has 0 aliphatic heterocycles. The molecule has 0 atom stereocenters. The van der Waals surface area contributed by atoms with Crippen molar-refractivity contribution in [3.05, 3.63) is 16.5 Å². The average Bonchev–Trinajstić information content (AvgIpc) is 2.55. The monoisotopic (exact) mass is 355 g/mol. The molecule has 2 rings (SSSR count). The summed E-state index contributed by atoms with van der Waals surface area (Å²) in [7, 11) is 2.97. The molecule has 5 nitrogen and oxygen atoms in total. The van der Waals surface area contributed by atoms with Crippen molar-refractivity contribution in [1.29, 1.82) is 0 Å². The van der Waals surface area contributed by atoms with Gasteiger partial charge in [0.05, 0.1) is 0 Å². The van der Waals surface area contributed by atoms with Crippen LogP contribution in [0.1, 0.15) is 29.8 Å². The van der Waals surface area contributed by atoms with E-state index in [0.29, 0.717) is 0 Å². The first-order valence-corrected chi connectivity index (χ1v) is 8.42. The molecule has 0 N–H and O–H groups in total. The highest BCUT2D eigenvalue weighted by Gasteiger charge is 2.30. The molecular formula is C10H11BrClNO4S. The number of nitrogens with zero attached hydrogens (tertiary/aromatic N) is 1. The predicted octanol–water partition coefficient (Wildman–Crippen LogP) is 2.59. The summed E-state index contributed by atoms with van der Waals surface area (Å²) >= 11 is 2.94. The smallest absolute Gasteiger partial charge is 0.289 e. The fourth-order valence-electron chi connectivity index (χ4n) is 1.74. The Morgan fingerprint density at radius 2 is 2.17 bits per heavy atom. The molecule has 1 aromatic heterocycles. The second kappa shape index (κ2) is 4.86. The molecular weight excluding hydrogens is 346 g/mol.